The van der Waals surface area contributed by atoms with Gasteiger partial charge in [-0.2, -0.15) is 5.26 Å². The molecule has 0 aliphatic carbocycles. The Hall–Kier alpha value is -1.69. The van der Waals surface area contributed by atoms with Crippen molar-refractivity contribution in [3.8, 4) is 6.07 Å². The molecule has 0 saturated carbocycles. The van der Waals surface area contributed by atoms with E-state index in [0.29, 0.717) is 5.56 Å². The number of hydrogen-bond donors (Lipinski definition) is 0. The van der Waals surface area contributed by atoms with E-state index in [4.69, 9.17) is 5.26 Å². The summed E-state index contributed by atoms with van der Waals surface area (Å²) >= 11 is 0. The minimum absolute atomic E-state index is 0.0236. The summed E-state index contributed by atoms with van der Waals surface area (Å²) in [5.74, 6) is -0.541. The minimum atomic E-state index is -1.56. The Balaban J connectivity index is 2.63. The summed E-state index contributed by atoms with van der Waals surface area (Å²) in [6, 6.07) is 10.1. The summed E-state index contributed by atoms with van der Waals surface area (Å²) in [7, 11) is 0. The lowest BCUT2D eigenvalue weighted by molar-refractivity contribution is 0.0870. The van der Waals surface area contributed by atoms with Crippen LogP contribution in [0.25, 0.3) is 0 Å². The van der Waals surface area contributed by atoms with Gasteiger partial charge in [0.15, 0.2) is 12.0 Å². The van der Waals surface area contributed by atoms with Gasteiger partial charge in [-0.25, -0.2) is 4.39 Å². The quantitative estimate of drug-likeness (QED) is 0.686. The average Bonchev–Trinajstić information content (AvgIpc) is 2.26. The van der Waals surface area contributed by atoms with Crippen molar-refractivity contribution in [2.45, 2.75) is 19.0 Å². The Kier molecular flexibility index (Phi) is 3.81. The molecule has 3 heteroatoms. The number of nitrogens with zero attached hydrogens (tertiary/aromatic N) is 1. The Morgan fingerprint density at radius 2 is 2.07 bits per heavy atom. The zero-order valence-electron chi connectivity index (χ0n) is 7.61. The van der Waals surface area contributed by atoms with Gasteiger partial charge in [0.05, 0.1) is 6.07 Å². The van der Waals surface area contributed by atoms with Gasteiger partial charge in [-0.1, -0.05) is 30.3 Å². The Morgan fingerprint density at radius 1 is 1.43 bits per heavy atom. The predicted octanol–water partition coefficient (Wildman–Crippen LogP) is 2.51. The number of carbonyl (C=O) groups is 1. The van der Waals surface area contributed by atoms with E-state index in [1.54, 1.807) is 30.3 Å². The first-order valence-electron chi connectivity index (χ1n) is 4.36. The second kappa shape index (κ2) is 5.13. The molecule has 0 aromatic heterocycles. The molecule has 0 aliphatic heterocycles. The molecule has 0 N–H and O–H groups in total. The molecule has 0 amide bonds. The largest absolute Gasteiger partial charge is 0.291 e. The first kappa shape index (κ1) is 10.4. The fourth-order valence-corrected chi connectivity index (χ4v) is 1.11. The number of Topliss-reactive ketones (excluding diaryl/α,β-unsaturated/α-hetero) is 1. The molecular weight excluding hydrogens is 181 g/mol. The molecule has 1 aromatic carbocycles. The zero-order valence-corrected chi connectivity index (χ0v) is 7.61. The molecule has 72 valence electrons. The van der Waals surface area contributed by atoms with E-state index in [2.05, 4.69) is 0 Å². The van der Waals surface area contributed by atoms with Crippen molar-refractivity contribution in [2.24, 2.45) is 0 Å². The van der Waals surface area contributed by atoms with E-state index in [1.165, 1.54) is 0 Å². The van der Waals surface area contributed by atoms with Gasteiger partial charge in [-0.05, 0) is 6.42 Å². The van der Waals surface area contributed by atoms with Gasteiger partial charge in [0.25, 0.3) is 0 Å². The topological polar surface area (TPSA) is 40.9 Å². The number of alkyl halides is 1. The lowest BCUT2D eigenvalue weighted by Crippen LogP contribution is -2.15. The van der Waals surface area contributed by atoms with E-state index in [1.807, 2.05) is 6.07 Å². The van der Waals surface area contributed by atoms with Crippen molar-refractivity contribution in [3.05, 3.63) is 35.9 Å². The summed E-state index contributed by atoms with van der Waals surface area (Å²) in [4.78, 5) is 11.4. The molecule has 0 heterocycles. The van der Waals surface area contributed by atoms with Crippen LogP contribution in [0, 0.1) is 11.3 Å². The lowest BCUT2D eigenvalue weighted by atomic mass is 10.0. The third kappa shape index (κ3) is 2.67. The molecule has 2 nitrogen and oxygen atoms in total. The molecule has 1 atom stereocenters. The van der Waals surface area contributed by atoms with Crippen LogP contribution < -0.4 is 0 Å². The van der Waals surface area contributed by atoms with Crippen LogP contribution >= 0.6 is 0 Å². The molecule has 0 radical (unpaired) electrons. The van der Waals surface area contributed by atoms with Crippen molar-refractivity contribution in [3.63, 3.8) is 0 Å². The van der Waals surface area contributed by atoms with Crippen LogP contribution in [0.15, 0.2) is 30.3 Å². The van der Waals surface area contributed by atoms with E-state index >= 15 is 0 Å². The summed E-state index contributed by atoms with van der Waals surface area (Å²) < 4.78 is 13.2. The second-order valence-electron chi connectivity index (χ2n) is 2.89. The monoisotopic (exact) mass is 191 g/mol. The molecule has 0 aliphatic rings. The van der Waals surface area contributed by atoms with E-state index in [-0.39, 0.29) is 12.8 Å². The predicted molar refractivity (Wildman–Crippen MR) is 50.5 cm³/mol. The number of halogens is 1. The van der Waals surface area contributed by atoms with Gasteiger partial charge in [0, 0.05) is 12.0 Å². The minimum Gasteiger partial charge on any atom is -0.291 e. The van der Waals surface area contributed by atoms with E-state index in [9.17, 15) is 9.18 Å². The van der Waals surface area contributed by atoms with E-state index in [0.717, 1.165) is 0 Å². The number of benzene rings is 1. The SMILES string of the molecule is N#CCC[C@H](F)C(=O)c1ccccc1. The van der Waals surface area contributed by atoms with Gasteiger partial charge in [0.2, 0.25) is 0 Å². The lowest BCUT2D eigenvalue weighted by Gasteiger charge is -2.04. The highest BCUT2D eigenvalue weighted by Gasteiger charge is 2.17. The van der Waals surface area contributed by atoms with E-state index < -0.39 is 12.0 Å². The van der Waals surface area contributed by atoms with Crippen LogP contribution in [-0.2, 0) is 0 Å². The summed E-state index contributed by atoms with van der Waals surface area (Å²) in [6.07, 6.45) is -1.51. The third-order valence-corrected chi connectivity index (χ3v) is 1.85. The second-order valence-corrected chi connectivity index (χ2v) is 2.89. The van der Waals surface area contributed by atoms with Crippen molar-refractivity contribution in [2.75, 3.05) is 0 Å². The van der Waals surface area contributed by atoms with Gasteiger partial charge >= 0.3 is 0 Å². The molecule has 0 bridgehead atoms. The van der Waals surface area contributed by atoms with Crippen LogP contribution in [0.5, 0.6) is 0 Å². The molecule has 14 heavy (non-hydrogen) atoms. The van der Waals surface area contributed by atoms with Crippen LogP contribution in [0.3, 0.4) is 0 Å². The highest BCUT2D eigenvalue weighted by atomic mass is 19.1. The maximum Gasteiger partial charge on any atom is 0.196 e. The molecule has 0 saturated heterocycles. The van der Waals surface area contributed by atoms with Gasteiger partial charge in [-0.3, -0.25) is 4.79 Å². The number of hydrogen-bond acceptors (Lipinski definition) is 2. The summed E-state index contributed by atoms with van der Waals surface area (Å²) in [5.41, 5.74) is 0.359. The first-order valence-corrected chi connectivity index (χ1v) is 4.36. The molecule has 0 spiro atoms. The molecule has 0 fully saturated rings. The summed E-state index contributed by atoms with van der Waals surface area (Å²) in [6.45, 7) is 0. The Labute approximate surface area is 82.0 Å². The van der Waals surface area contributed by atoms with Crippen molar-refractivity contribution in [1.82, 2.24) is 0 Å². The first-order chi connectivity index (χ1) is 6.75. The van der Waals surface area contributed by atoms with Crippen LogP contribution in [-0.4, -0.2) is 12.0 Å². The van der Waals surface area contributed by atoms with Crippen molar-refractivity contribution >= 4 is 5.78 Å². The van der Waals surface area contributed by atoms with Gasteiger partial charge in [-0.15, -0.1) is 0 Å². The maximum absolute atomic E-state index is 13.2. The molecule has 1 rings (SSSR count). The fourth-order valence-electron chi connectivity index (χ4n) is 1.11. The average molecular weight is 191 g/mol. The highest BCUT2D eigenvalue weighted by Crippen LogP contribution is 2.10. The van der Waals surface area contributed by atoms with Crippen LogP contribution in [0.2, 0.25) is 0 Å². The molecule has 1 aromatic rings. The molecular formula is C11H10FNO. The number of ketones is 1. The standard InChI is InChI=1S/C11H10FNO/c12-10(7-4-8-13)11(14)9-5-2-1-3-6-9/h1-3,5-6,10H,4,7H2/t10-/m0/s1. The Bertz CT molecular complexity index is 342. The van der Waals surface area contributed by atoms with Gasteiger partial charge in [0.1, 0.15) is 0 Å². The summed E-state index contributed by atoms with van der Waals surface area (Å²) in [5, 5.41) is 8.24. The normalized spacial score (nSPS) is 11.7. The number of nitriles is 1. The zero-order chi connectivity index (χ0) is 10.4. The smallest absolute Gasteiger partial charge is 0.196 e. The highest BCUT2D eigenvalue weighted by molar-refractivity contribution is 5.99. The van der Waals surface area contributed by atoms with Crippen molar-refractivity contribution in [1.29, 1.82) is 5.26 Å². The maximum atomic E-state index is 13.2. The third-order valence-electron chi connectivity index (χ3n) is 1.85. The molecule has 0 unspecified atom stereocenters. The van der Waals surface area contributed by atoms with Gasteiger partial charge < -0.3 is 0 Å². The number of rotatable bonds is 4. The van der Waals surface area contributed by atoms with Crippen molar-refractivity contribution < 1.29 is 9.18 Å². The number of carbonyl (C=O) groups excluding carboxylic acids is 1. The Morgan fingerprint density at radius 3 is 2.64 bits per heavy atom. The fraction of sp³-hybridized carbons (Fsp3) is 0.273. The van der Waals surface area contributed by atoms with Crippen LogP contribution in [0.4, 0.5) is 4.39 Å². The van der Waals surface area contributed by atoms with Crippen LogP contribution in [0.1, 0.15) is 23.2 Å².